The van der Waals surface area contributed by atoms with E-state index in [9.17, 15) is 0 Å². The molecule has 0 saturated heterocycles. The molecule has 112 valence electrons. The Morgan fingerprint density at radius 3 is 2.90 bits per heavy atom. The normalized spacial score (nSPS) is 24.6. The van der Waals surface area contributed by atoms with Crippen LogP contribution in [-0.4, -0.2) is 11.5 Å². The van der Waals surface area contributed by atoms with Gasteiger partial charge in [-0.2, -0.15) is 0 Å². The second kappa shape index (κ2) is 7.78. The molecule has 0 amide bonds. The Balaban J connectivity index is 2.16. The van der Waals surface area contributed by atoms with Crippen molar-refractivity contribution in [2.75, 3.05) is 6.54 Å². The Morgan fingerprint density at radius 1 is 1.35 bits per heavy atom. The van der Waals surface area contributed by atoms with Crippen molar-refractivity contribution in [1.82, 2.24) is 10.3 Å². The third kappa shape index (κ3) is 3.82. The molecule has 1 saturated carbocycles. The first kappa shape index (κ1) is 15.5. The summed E-state index contributed by atoms with van der Waals surface area (Å²) in [7, 11) is 0. The smallest absolute Gasteiger partial charge is 0.0352 e. The molecule has 2 nitrogen and oxygen atoms in total. The van der Waals surface area contributed by atoms with Gasteiger partial charge < -0.3 is 5.32 Å². The Bertz CT molecular complexity index is 402. The van der Waals surface area contributed by atoms with Gasteiger partial charge in [-0.1, -0.05) is 33.1 Å². The lowest BCUT2D eigenvalue weighted by atomic mass is 9.75. The summed E-state index contributed by atoms with van der Waals surface area (Å²) in [5.74, 6) is 1.73. The molecular formula is C18H30N2. The van der Waals surface area contributed by atoms with Crippen LogP contribution in [0, 0.1) is 18.8 Å². The van der Waals surface area contributed by atoms with Crippen molar-refractivity contribution in [3.63, 3.8) is 0 Å². The van der Waals surface area contributed by atoms with Crippen LogP contribution in [0.5, 0.6) is 0 Å². The van der Waals surface area contributed by atoms with Gasteiger partial charge in [0.15, 0.2) is 0 Å². The second-order valence-electron chi connectivity index (χ2n) is 6.37. The Morgan fingerprint density at radius 2 is 2.20 bits per heavy atom. The number of nitrogens with zero attached hydrogens (tertiary/aromatic N) is 1. The summed E-state index contributed by atoms with van der Waals surface area (Å²) in [6.45, 7) is 7.90. The highest BCUT2D eigenvalue weighted by molar-refractivity contribution is 5.26. The van der Waals surface area contributed by atoms with Crippen LogP contribution in [0.15, 0.2) is 18.5 Å². The zero-order valence-corrected chi connectivity index (χ0v) is 13.4. The molecule has 1 aliphatic carbocycles. The minimum Gasteiger partial charge on any atom is -0.310 e. The Hall–Kier alpha value is -0.890. The molecule has 1 aromatic rings. The quantitative estimate of drug-likeness (QED) is 0.817. The van der Waals surface area contributed by atoms with Crippen molar-refractivity contribution < 1.29 is 0 Å². The Labute approximate surface area is 124 Å². The highest BCUT2D eigenvalue weighted by Gasteiger charge is 2.29. The van der Waals surface area contributed by atoms with E-state index in [4.69, 9.17) is 0 Å². The van der Waals surface area contributed by atoms with E-state index in [1.165, 1.54) is 49.7 Å². The first-order valence-electron chi connectivity index (χ1n) is 8.40. The molecule has 0 aliphatic heterocycles. The molecule has 0 spiro atoms. The number of hydrogen-bond acceptors (Lipinski definition) is 2. The molecule has 2 heteroatoms. The minimum absolute atomic E-state index is 0.521. The number of aromatic nitrogens is 1. The molecular weight excluding hydrogens is 244 g/mol. The molecule has 1 aliphatic rings. The third-order valence-electron chi connectivity index (χ3n) is 4.89. The van der Waals surface area contributed by atoms with Crippen LogP contribution >= 0.6 is 0 Å². The van der Waals surface area contributed by atoms with Gasteiger partial charge in [0.2, 0.25) is 0 Å². The van der Waals surface area contributed by atoms with Gasteiger partial charge in [-0.25, -0.2) is 0 Å². The van der Waals surface area contributed by atoms with Crippen LogP contribution in [-0.2, 0) is 0 Å². The maximum absolute atomic E-state index is 4.26. The molecule has 1 heterocycles. The summed E-state index contributed by atoms with van der Waals surface area (Å²) in [5, 5.41) is 3.81. The molecule has 1 aromatic heterocycles. The fourth-order valence-electron chi connectivity index (χ4n) is 3.67. The predicted octanol–water partition coefficient (Wildman–Crippen LogP) is 4.65. The van der Waals surface area contributed by atoms with Gasteiger partial charge in [0.1, 0.15) is 0 Å². The zero-order chi connectivity index (χ0) is 14.4. The van der Waals surface area contributed by atoms with Crippen LogP contribution in [0.4, 0.5) is 0 Å². The summed E-state index contributed by atoms with van der Waals surface area (Å²) in [4.78, 5) is 4.26. The van der Waals surface area contributed by atoms with Crippen LogP contribution < -0.4 is 5.32 Å². The van der Waals surface area contributed by atoms with E-state index < -0.39 is 0 Å². The number of rotatable bonds is 6. The summed E-state index contributed by atoms with van der Waals surface area (Å²) >= 11 is 0. The first-order chi connectivity index (χ1) is 9.76. The van der Waals surface area contributed by atoms with Gasteiger partial charge in [-0.15, -0.1) is 0 Å². The SMILES string of the molecule is CCCNC(c1ccncc1C)C1CCCC(CC)C1. The van der Waals surface area contributed by atoms with E-state index in [0.717, 1.165) is 18.4 Å². The minimum atomic E-state index is 0.521. The second-order valence-corrected chi connectivity index (χ2v) is 6.37. The maximum Gasteiger partial charge on any atom is 0.0352 e. The standard InChI is InChI=1S/C18H30N2/c1-4-10-20-18(17-9-11-19-13-14(17)3)16-8-6-7-15(5-2)12-16/h9,11,13,15-16,18,20H,4-8,10,12H2,1-3H3. The van der Waals surface area contributed by atoms with E-state index in [1.807, 2.05) is 12.4 Å². The van der Waals surface area contributed by atoms with Crippen molar-refractivity contribution in [2.45, 2.75) is 65.3 Å². The van der Waals surface area contributed by atoms with Gasteiger partial charge in [0, 0.05) is 18.4 Å². The molecule has 0 bridgehead atoms. The lowest BCUT2D eigenvalue weighted by molar-refractivity contribution is 0.209. The first-order valence-corrected chi connectivity index (χ1v) is 8.40. The van der Waals surface area contributed by atoms with E-state index >= 15 is 0 Å². The number of nitrogens with one attached hydrogen (secondary N) is 1. The lowest BCUT2D eigenvalue weighted by Gasteiger charge is -2.35. The third-order valence-corrected chi connectivity index (χ3v) is 4.89. The molecule has 0 radical (unpaired) electrons. The number of aryl methyl sites for hydroxylation is 1. The number of hydrogen-bond donors (Lipinski definition) is 1. The van der Waals surface area contributed by atoms with Crippen LogP contribution in [0.1, 0.15) is 69.5 Å². The molecule has 2 rings (SSSR count). The van der Waals surface area contributed by atoms with E-state index in [1.54, 1.807) is 0 Å². The topological polar surface area (TPSA) is 24.9 Å². The largest absolute Gasteiger partial charge is 0.310 e. The molecule has 1 N–H and O–H groups in total. The van der Waals surface area contributed by atoms with E-state index in [0.29, 0.717) is 6.04 Å². The van der Waals surface area contributed by atoms with Gasteiger partial charge in [-0.05, 0) is 61.8 Å². The molecule has 20 heavy (non-hydrogen) atoms. The fourth-order valence-corrected chi connectivity index (χ4v) is 3.67. The molecule has 3 atom stereocenters. The summed E-state index contributed by atoms with van der Waals surface area (Å²) < 4.78 is 0. The average Bonchev–Trinajstić information content (AvgIpc) is 2.49. The van der Waals surface area contributed by atoms with Crippen molar-refractivity contribution in [1.29, 1.82) is 0 Å². The van der Waals surface area contributed by atoms with Gasteiger partial charge >= 0.3 is 0 Å². The van der Waals surface area contributed by atoms with Crippen LogP contribution in [0.3, 0.4) is 0 Å². The average molecular weight is 274 g/mol. The van der Waals surface area contributed by atoms with Crippen molar-refractivity contribution >= 4 is 0 Å². The number of pyridine rings is 1. The maximum atomic E-state index is 4.26. The van der Waals surface area contributed by atoms with Crippen molar-refractivity contribution in [2.24, 2.45) is 11.8 Å². The predicted molar refractivity (Wildman–Crippen MR) is 85.7 cm³/mol. The van der Waals surface area contributed by atoms with Gasteiger partial charge in [0.25, 0.3) is 0 Å². The summed E-state index contributed by atoms with van der Waals surface area (Å²) in [6, 6.07) is 2.74. The fraction of sp³-hybridized carbons (Fsp3) is 0.722. The molecule has 1 fully saturated rings. The highest BCUT2D eigenvalue weighted by atomic mass is 14.9. The molecule has 0 aromatic carbocycles. The summed E-state index contributed by atoms with van der Waals surface area (Å²) in [6.07, 6.45) is 12.1. The molecule has 3 unspecified atom stereocenters. The van der Waals surface area contributed by atoms with Crippen LogP contribution in [0.2, 0.25) is 0 Å². The van der Waals surface area contributed by atoms with Gasteiger partial charge in [-0.3, -0.25) is 4.98 Å². The van der Waals surface area contributed by atoms with E-state index in [2.05, 4.69) is 37.1 Å². The van der Waals surface area contributed by atoms with Crippen molar-refractivity contribution in [3.05, 3.63) is 29.6 Å². The monoisotopic (exact) mass is 274 g/mol. The van der Waals surface area contributed by atoms with Crippen molar-refractivity contribution in [3.8, 4) is 0 Å². The lowest BCUT2D eigenvalue weighted by Crippen LogP contribution is -2.32. The van der Waals surface area contributed by atoms with E-state index in [-0.39, 0.29) is 0 Å². The van der Waals surface area contributed by atoms with Crippen LogP contribution in [0.25, 0.3) is 0 Å². The zero-order valence-electron chi connectivity index (χ0n) is 13.4. The Kier molecular flexibility index (Phi) is 6.03. The highest BCUT2D eigenvalue weighted by Crippen LogP contribution is 2.39. The summed E-state index contributed by atoms with van der Waals surface area (Å²) in [5.41, 5.74) is 2.80. The van der Waals surface area contributed by atoms with Gasteiger partial charge in [0.05, 0.1) is 0 Å².